The Kier molecular flexibility index (Phi) is 7.36. The number of ether oxygens (including phenoxy) is 2. The molecular weight excluding hydrogens is 396 g/mol. The molecule has 0 radical (unpaired) electrons. The summed E-state index contributed by atoms with van der Waals surface area (Å²) in [4.78, 5) is 40.3. The van der Waals surface area contributed by atoms with E-state index in [4.69, 9.17) is 9.47 Å². The lowest BCUT2D eigenvalue weighted by atomic mass is 10.1. The fourth-order valence-electron chi connectivity index (χ4n) is 4.03. The molecule has 2 heterocycles. The summed E-state index contributed by atoms with van der Waals surface area (Å²) in [7, 11) is 0. The summed E-state index contributed by atoms with van der Waals surface area (Å²) in [6.45, 7) is 5.49. The van der Waals surface area contributed by atoms with Crippen molar-refractivity contribution in [1.82, 2.24) is 10.2 Å². The molecule has 7 nitrogen and oxygen atoms in total. The standard InChI is InChI=1S/C24H32N2O5/c1-24(2,3)31-23(29)25-19-13-9-5-8-12-18-14-15-20(26(18)21(19)27)22(28)30-16-17-10-6-4-7-11-17/h4-8,10-11,18-20H,9,12-16H2,1-3H3,(H,25,29)/b8-5-/t18-,19-,20-/m0/s1. The van der Waals surface area contributed by atoms with E-state index in [1.54, 1.807) is 25.7 Å². The molecule has 0 aliphatic carbocycles. The van der Waals surface area contributed by atoms with Gasteiger partial charge in [-0.05, 0) is 58.4 Å². The molecule has 1 aromatic rings. The van der Waals surface area contributed by atoms with E-state index in [0.717, 1.165) is 12.0 Å². The van der Waals surface area contributed by atoms with Gasteiger partial charge in [-0.25, -0.2) is 9.59 Å². The van der Waals surface area contributed by atoms with Crippen molar-refractivity contribution >= 4 is 18.0 Å². The van der Waals surface area contributed by atoms with E-state index < -0.39 is 29.7 Å². The van der Waals surface area contributed by atoms with Gasteiger partial charge in [0, 0.05) is 6.04 Å². The SMILES string of the molecule is CC(C)(C)OC(=O)N[C@H]1CC/C=C\C[C@H]2CC[C@@H](C(=O)OCc3ccccc3)N2C1=O. The van der Waals surface area contributed by atoms with Crippen LogP contribution in [0.5, 0.6) is 0 Å². The first-order valence-electron chi connectivity index (χ1n) is 10.9. The molecule has 0 bridgehead atoms. The van der Waals surface area contributed by atoms with E-state index in [9.17, 15) is 14.4 Å². The van der Waals surface area contributed by atoms with Crippen LogP contribution in [0.2, 0.25) is 0 Å². The molecule has 7 heteroatoms. The first kappa shape index (κ1) is 22.8. The Balaban J connectivity index is 1.72. The van der Waals surface area contributed by atoms with Crippen LogP contribution in [0.15, 0.2) is 42.5 Å². The second-order valence-electron chi connectivity index (χ2n) is 9.07. The van der Waals surface area contributed by atoms with Crippen LogP contribution in [0.1, 0.15) is 58.4 Å². The number of allylic oxidation sites excluding steroid dienone is 1. The predicted octanol–water partition coefficient (Wildman–Crippen LogP) is 3.72. The van der Waals surface area contributed by atoms with E-state index in [1.807, 2.05) is 36.4 Å². The summed E-state index contributed by atoms with van der Waals surface area (Å²) in [5.74, 6) is -0.655. The Bertz CT molecular complexity index is 815. The second-order valence-corrected chi connectivity index (χ2v) is 9.07. The Labute approximate surface area is 183 Å². The van der Waals surface area contributed by atoms with Crippen LogP contribution in [-0.2, 0) is 25.7 Å². The Morgan fingerprint density at radius 2 is 1.84 bits per heavy atom. The molecule has 0 saturated carbocycles. The number of fused-ring (bicyclic) bond motifs is 1. The maximum atomic E-state index is 13.4. The number of rotatable bonds is 4. The lowest BCUT2D eigenvalue weighted by Crippen LogP contribution is -2.54. The lowest BCUT2D eigenvalue weighted by molar-refractivity contribution is -0.156. The largest absolute Gasteiger partial charge is 0.459 e. The maximum Gasteiger partial charge on any atom is 0.408 e. The van der Waals surface area contributed by atoms with Crippen molar-refractivity contribution in [1.29, 1.82) is 0 Å². The molecule has 0 aromatic heterocycles. The van der Waals surface area contributed by atoms with Crippen molar-refractivity contribution in [2.75, 3.05) is 0 Å². The zero-order valence-corrected chi connectivity index (χ0v) is 18.5. The number of carbonyl (C=O) groups excluding carboxylic acids is 3. The van der Waals surface area contributed by atoms with E-state index in [1.165, 1.54) is 0 Å². The fraction of sp³-hybridized carbons (Fsp3) is 0.542. The van der Waals surface area contributed by atoms with Gasteiger partial charge in [-0.1, -0.05) is 42.5 Å². The van der Waals surface area contributed by atoms with Gasteiger partial charge in [0.15, 0.2) is 0 Å². The number of esters is 1. The number of nitrogens with one attached hydrogen (secondary N) is 1. The Morgan fingerprint density at radius 1 is 1.10 bits per heavy atom. The summed E-state index contributed by atoms with van der Waals surface area (Å²) >= 11 is 0. The minimum absolute atomic E-state index is 0.0842. The highest BCUT2D eigenvalue weighted by molar-refractivity contribution is 5.90. The highest BCUT2D eigenvalue weighted by atomic mass is 16.6. The van der Waals surface area contributed by atoms with Gasteiger partial charge in [-0.2, -0.15) is 0 Å². The van der Waals surface area contributed by atoms with Crippen LogP contribution in [0.25, 0.3) is 0 Å². The first-order valence-corrected chi connectivity index (χ1v) is 10.9. The van der Waals surface area contributed by atoms with Crippen LogP contribution in [0.4, 0.5) is 4.79 Å². The summed E-state index contributed by atoms with van der Waals surface area (Å²) in [6, 6.07) is 7.99. The van der Waals surface area contributed by atoms with Crippen molar-refractivity contribution in [3.05, 3.63) is 48.0 Å². The number of carbonyl (C=O) groups is 3. The summed E-state index contributed by atoms with van der Waals surface area (Å²) in [5, 5.41) is 2.71. The summed E-state index contributed by atoms with van der Waals surface area (Å²) in [5.41, 5.74) is 0.236. The van der Waals surface area contributed by atoms with Crippen LogP contribution in [0.3, 0.4) is 0 Å². The smallest absolute Gasteiger partial charge is 0.408 e. The van der Waals surface area contributed by atoms with E-state index in [-0.39, 0.29) is 18.6 Å². The number of alkyl carbamates (subject to hydrolysis) is 1. The van der Waals surface area contributed by atoms with Crippen molar-refractivity contribution in [3.8, 4) is 0 Å². The lowest BCUT2D eigenvalue weighted by Gasteiger charge is -2.32. The first-order chi connectivity index (χ1) is 14.7. The van der Waals surface area contributed by atoms with Gasteiger partial charge in [0.25, 0.3) is 0 Å². The van der Waals surface area contributed by atoms with E-state index in [2.05, 4.69) is 11.4 Å². The third-order valence-electron chi connectivity index (χ3n) is 5.44. The zero-order valence-electron chi connectivity index (χ0n) is 18.5. The van der Waals surface area contributed by atoms with Crippen molar-refractivity contribution in [2.45, 2.75) is 83.2 Å². The third kappa shape index (κ3) is 6.32. The fourth-order valence-corrected chi connectivity index (χ4v) is 4.03. The zero-order chi connectivity index (χ0) is 22.4. The van der Waals surface area contributed by atoms with Gasteiger partial charge in [-0.3, -0.25) is 4.79 Å². The number of hydrogen-bond acceptors (Lipinski definition) is 5. The van der Waals surface area contributed by atoms with Crippen molar-refractivity contribution in [3.63, 3.8) is 0 Å². The molecule has 2 amide bonds. The molecule has 2 aliphatic rings. The average molecular weight is 429 g/mol. The predicted molar refractivity (Wildman–Crippen MR) is 116 cm³/mol. The molecule has 2 aliphatic heterocycles. The monoisotopic (exact) mass is 428 g/mol. The highest BCUT2D eigenvalue weighted by Gasteiger charge is 2.44. The topological polar surface area (TPSA) is 84.9 Å². The molecule has 31 heavy (non-hydrogen) atoms. The summed E-state index contributed by atoms with van der Waals surface area (Å²) in [6.07, 6.45) is 6.53. The molecular formula is C24H32N2O5. The number of amides is 2. The van der Waals surface area contributed by atoms with Gasteiger partial charge in [0.1, 0.15) is 24.3 Å². The highest BCUT2D eigenvalue weighted by Crippen LogP contribution is 2.30. The Morgan fingerprint density at radius 3 is 2.55 bits per heavy atom. The number of hydrogen-bond donors (Lipinski definition) is 1. The van der Waals surface area contributed by atoms with Gasteiger partial charge >= 0.3 is 12.1 Å². The third-order valence-corrected chi connectivity index (χ3v) is 5.44. The van der Waals surface area contributed by atoms with Crippen LogP contribution in [-0.4, -0.2) is 46.6 Å². The van der Waals surface area contributed by atoms with Crippen LogP contribution in [0, 0.1) is 0 Å². The molecule has 1 aromatic carbocycles. The van der Waals surface area contributed by atoms with Crippen molar-refractivity contribution in [2.24, 2.45) is 0 Å². The molecule has 168 valence electrons. The Hall–Kier alpha value is -2.83. The van der Waals surface area contributed by atoms with Gasteiger partial charge in [0.2, 0.25) is 5.91 Å². The average Bonchev–Trinajstić information content (AvgIpc) is 3.15. The van der Waals surface area contributed by atoms with Crippen LogP contribution >= 0.6 is 0 Å². The van der Waals surface area contributed by atoms with E-state index in [0.29, 0.717) is 25.7 Å². The van der Waals surface area contributed by atoms with Gasteiger partial charge in [-0.15, -0.1) is 0 Å². The minimum Gasteiger partial charge on any atom is -0.459 e. The molecule has 1 N–H and O–H groups in total. The molecule has 1 saturated heterocycles. The maximum absolute atomic E-state index is 13.4. The number of nitrogens with zero attached hydrogens (tertiary/aromatic N) is 1. The van der Waals surface area contributed by atoms with E-state index >= 15 is 0 Å². The van der Waals surface area contributed by atoms with Gasteiger partial charge in [0.05, 0.1) is 0 Å². The molecule has 0 spiro atoms. The van der Waals surface area contributed by atoms with Crippen molar-refractivity contribution < 1.29 is 23.9 Å². The summed E-state index contributed by atoms with van der Waals surface area (Å²) < 4.78 is 10.9. The molecule has 3 rings (SSSR count). The molecule has 1 fully saturated rings. The normalized spacial score (nSPS) is 24.9. The van der Waals surface area contributed by atoms with Gasteiger partial charge < -0.3 is 19.7 Å². The minimum atomic E-state index is -0.748. The molecule has 0 unspecified atom stereocenters. The number of benzene rings is 1. The molecule has 3 atom stereocenters. The second kappa shape index (κ2) is 9.98. The quantitative estimate of drug-likeness (QED) is 0.584. The van der Waals surface area contributed by atoms with Crippen LogP contribution < -0.4 is 5.32 Å².